The Labute approximate surface area is 111 Å². The van der Waals surface area contributed by atoms with Crippen LogP contribution in [0.2, 0.25) is 0 Å². The minimum atomic E-state index is 0.00249. The minimum Gasteiger partial charge on any atom is -0.493 e. The molecule has 0 aliphatic carbocycles. The molecule has 0 spiro atoms. The summed E-state index contributed by atoms with van der Waals surface area (Å²) in [5.74, 6) is 0.968. The Bertz CT molecular complexity index is 646. The smallest absolute Gasteiger partial charge is 0.216 e. The van der Waals surface area contributed by atoms with Crippen molar-refractivity contribution in [3.63, 3.8) is 0 Å². The van der Waals surface area contributed by atoms with Gasteiger partial charge in [0.2, 0.25) is 5.91 Å². The predicted octanol–water partition coefficient (Wildman–Crippen LogP) is 1.26. The van der Waals surface area contributed by atoms with E-state index in [-0.39, 0.29) is 5.91 Å². The molecule has 0 bridgehead atoms. The second-order valence-corrected chi connectivity index (χ2v) is 4.85. The summed E-state index contributed by atoms with van der Waals surface area (Å²) < 4.78 is 7.53. The largest absolute Gasteiger partial charge is 0.493 e. The summed E-state index contributed by atoms with van der Waals surface area (Å²) in [4.78, 5) is 11.0. The third-order valence-electron chi connectivity index (χ3n) is 3.52. The highest BCUT2D eigenvalue weighted by Gasteiger charge is 2.20. The molecule has 1 aliphatic rings. The Morgan fingerprint density at radius 1 is 1.58 bits per heavy atom. The molecular formula is C14H17N3O2. The number of fused-ring (bicyclic) bond motifs is 3. The SMILES string of the molecule is CC(=O)NCCc1c(C)nn2ccc3c(c12)CCO3. The van der Waals surface area contributed by atoms with E-state index in [0.717, 1.165) is 36.4 Å². The molecule has 3 rings (SSSR count). The topological polar surface area (TPSA) is 55.6 Å². The first-order chi connectivity index (χ1) is 9.16. The van der Waals surface area contributed by atoms with E-state index in [1.807, 2.05) is 23.7 Å². The van der Waals surface area contributed by atoms with Gasteiger partial charge in [0.05, 0.1) is 17.8 Å². The summed E-state index contributed by atoms with van der Waals surface area (Å²) in [5, 5.41) is 7.37. The lowest BCUT2D eigenvalue weighted by Gasteiger charge is -2.05. The van der Waals surface area contributed by atoms with Gasteiger partial charge in [-0.05, 0) is 19.4 Å². The summed E-state index contributed by atoms with van der Waals surface area (Å²) in [5.41, 5.74) is 4.61. The van der Waals surface area contributed by atoms with E-state index in [0.29, 0.717) is 6.54 Å². The van der Waals surface area contributed by atoms with Crippen LogP contribution in [0.25, 0.3) is 5.52 Å². The number of amides is 1. The van der Waals surface area contributed by atoms with Gasteiger partial charge in [0.25, 0.3) is 0 Å². The number of rotatable bonds is 3. The Kier molecular flexibility index (Phi) is 2.89. The van der Waals surface area contributed by atoms with Crippen LogP contribution < -0.4 is 10.1 Å². The van der Waals surface area contributed by atoms with Gasteiger partial charge >= 0.3 is 0 Å². The van der Waals surface area contributed by atoms with Gasteiger partial charge in [-0.3, -0.25) is 4.79 Å². The van der Waals surface area contributed by atoms with E-state index in [1.54, 1.807) is 0 Å². The van der Waals surface area contributed by atoms with Gasteiger partial charge in [0, 0.05) is 37.2 Å². The number of ether oxygens (including phenoxy) is 1. The van der Waals surface area contributed by atoms with Crippen LogP contribution in [0.5, 0.6) is 5.75 Å². The summed E-state index contributed by atoms with van der Waals surface area (Å²) in [6.45, 7) is 4.93. The minimum absolute atomic E-state index is 0.00249. The Morgan fingerprint density at radius 2 is 2.42 bits per heavy atom. The van der Waals surface area contributed by atoms with Crippen molar-refractivity contribution in [2.24, 2.45) is 0 Å². The molecule has 3 heterocycles. The molecule has 2 aromatic rings. The zero-order valence-electron chi connectivity index (χ0n) is 11.2. The number of aromatic nitrogens is 2. The molecule has 0 unspecified atom stereocenters. The fourth-order valence-electron chi connectivity index (χ4n) is 2.67. The Balaban J connectivity index is 2.00. The van der Waals surface area contributed by atoms with Crippen molar-refractivity contribution in [2.75, 3.05) is 13.2 Å². The zero-order chi connectivity index (χ0) is 13.4. The maximum Gasteiger partial charge on any atom is 0.216 e. The first-order valence-electron chi connectivity index (χ1n) is 6.54. The summed E-state index contributed by atoms with van der Waals surface area (Å²) in [6, 6.07) is 1.97. The maximum atomic E-state index is 11.0. The van der Waals surface area contributed by atoms with Crippen molar-refractivity contribution in [1.82, 2.24) is 14.9 Å². The number of carbonyl (C=O) groups is 1. The molecule has 19 heavy (non-hydrogen) atoms. The average molecular weight is 259 g/mol. The normalized spacial score (nSPS) is 13.4. The fourth-order valence-corrected chi connectivity index (χ4v) is 2.67. The Morgan fingerprint density at radius 3 is 3.21 bits per heavy atom. The number of aryl methyl sites for hydroxylation is 1. The second kappa shape index (κ2) is 4.57. The monoisotopic (exact) mass is 259 g/mol. The molecule has 2 aromatic heterocycles. The highest BCUT2D eigenvalue weighted by atomic mass is 16.5. The molecule has 100 valence electrons. The molecule has 0 saturated carbocycles. The van der Waals surface area contributed by atoms with Gasteiger partial charge in [0.15, 0.2) is 0 Å². The molecule has 0 atom stereocenters. The van der Waals surface area contributed by atoms with E-state index < -0.39 is 0 Å². The van der Waals surface area contributed by atoms with Crippen LogP contribution in [-0.2, 0) is 17.6 Å². The summed E-state index contributed by atoms with van der Waals surface area (Å²) >= 11 is 0. The number of nitrogens with zero attached hydrogens (tertiary/aromatic N) is 2. The Hall–Kier alpha value is -2.04. The first-order valence-corrected chi connectivity index (χ1v) is 6.54. The molecule has 5 nitrogen and oxygen atoms in total. The van der Waals surface area contributed by atoms with Gasteiger partial charge < -0.3 is 10.1 Å². The van der Waals surface area contributed by atoms with Crippen LogP contribution in [0, 0.1) is 6.92 Å². The quantitative estimate of drug-likeness (QED) is 0.902. The van der Waals surface area contributed by atoms with Crippen molar-refractivity contribution < 1.29 is 9.53 Å². The van der Waals surface area contributed by atoms with Crippen LogP contribution in [-0.4, -0.2) is 28.7 Å². The molecule has 0 saturated heterocycles. The fraction of sp³-hybridized carbons (Fsp3) is 0.429. The molecule has 0 fully saturated rings. The van der Waals surface area contributed by atoms with Gasteiger partial charge in [-0.25, -0.2) is 4.52 Å². The van der Waals surface area contributed by atoms with E-state index in [9.17, 15) is 4.79 Å². The lowest BCUT2D eigenvalue weighted by molar-refractivity contribution is -0.118. The molecular weight excluding hydrogens is 242 g/mol. The van der Waals surface area contributed by atoms with Gasteiger partial charge in [-0.15, -0.1) is 0 Å². The standard InChI is InChI=1S/C14H17N3O2/c1-9-11(3-6-15-10(2)18)14-12-5-8-19-13(12)4-7-17(14)16-9/h4,7H,3,5-6,8H2,1-2H3,(H,15,18). The van der Waals surface area contributed by atoms with Crippen molar-refractivity contribution in [1.29, 1.82) is 0 Å². The lowest BCUT2D eigenvalue weighted by Crippen LogP contribution is -2.22. The highest BCUT2D eigenvalue weighted by molar-refractivity contribution is 5.73. The van der Waals surface area contributed by atoms with Crippen LogP contribution >= 0.6 is 0 Å². The first kappa shape index (κ1) is 12.0. The van der Waals surface area contributed by atoms with Gasteiger partial charge in [-0.1, -0.05) is 0 Å². The average Bonchev–Trinajstić information content (AvgIpc) is 2.93. The third kappa shape index (κ3) is 2.05. The van der Waals surface area contributed by atoms with Crippen molar-refractivity contribution in [3.8, 4) is 5.75 Å². The molecule has 1 amide bonds. The maximum absolute atomic E-state index is 11.0. The van der Waals surface area contributed by atoms with Crippen LogP contribution in [0.15, 0.2) is 12.3 Å². The third-order valence-corrected chi connectivity index (χ3v) is 3.52. The molecule has 1 aliphatic heterocycles. The van der Waals surface area contributed by atoms with Crippen LogP contribution in [0.3, 0.4) is 0 Å². The molecule has 0 aromatic carbocycles. The van der Waals surface area contributed by atoms with Crippen LogP contribution in [0.4, 0.5) is 0 Å². The van der Waals surface area contributed by atoms with Crippen LogP contribution in [0.1, 0.15) is 23.7 Å². The van der Waals surface area contributed by atoms with E-state index in [1.165, 1.54) is 18.1 Å². The lowest BCUT2D eigenvalue weighted by atomic mass is 10.1. The number of hydrogen-bond donors (Lipinski definition) is 1. The van der Waals surface area contributed by atoms with Crippen molar-refractivity contribution in [2.45, 2.75) is 26.7 Å². The summed E-state index contributed by atoms with van der Waals surface area (Å²) in [7, 11) is 0. The highest BCUT2D eigenvalue weighted by Crippen LogP contribution is 2.31. The number of nitrogens with one attached hydrogen (secondary N) is 1. The van der Waals surface area contributed by atoms with E-state index >= 15 is 0 Å². The van der Waals surface area contributed by atoms with E-state index in [4.69, 9.17) is 4.74 Å². The number of carbonyl (C=O) groups excluding carboxylic acids is 1. The second-order valence-electron chi connectivity index (χ2n) is 4.85. The molecule has 0 radical (unpaired) electrons. The molecule has 5 heteroatoms. The van der Waals surface area contributed by atoms with E-state index in [2.05, 4.69) is 10.4 Å². The van der Waals surface area contributed by atoms with Gasteiger partial charge in [0.1, 0.15) is 5.75 Å². The zero-order valence-corrected chi connectivity index (χ0v) is 11.2. The van der Waals surface area contributed by atoms with Crippen molar-refractivity contribution in [3.05, 3.63) is 29.1 Å². The predicted molar refractivity (Wildman–Crippen MR) is 71.5 cm³/mol. The summed E-state index contributed by atoms with van der Waals surface area (Å²) in [6.07, 6.45) is 3.66. The number of pyridine rings is 1. The number of hydrogen-bond acceptors (Lipinski definition) is 3. The van der Waals surface area contributed by atoms with Crippen molar-refractivity contribution >= 4 is 11.4 Å². The molecule has 1 N–H and O–H groups in total. The van der Waals surface area contributed by atoms with Gasteiger partial charge in [-0.2, -0.15) is 5.10 Å².